The number of nitrogens with two attached hydrogens (primary N) is 1. The lowest BCUT2D eigenvalue weighted by Crippen LogP contribution is -2.26. The molecule has 2 nitrogen and oxygen atoms in total. The summed E-state index contributed by atoms with van der Waals surface area (Å²) in [6, 6.07) is 15.5. The maximum absolute atomic E-state index is 6.54. The molecule has 0 fully saturated rings. The van der Waals surface area contributed by atoms with Gasteiger partial charge in [-0.15, -0.1) is 0 Å². The van der Waals surface area contributed by atoms with Crippen LogP contribution in [0.4, 0.5) is 0 Å². The van der Waals surface area contributed by atoms with Crippen LogP contribution in [0.2, 0.25) is 0 Å². The monoisotopic (exact) mass is 386 g/mol. The summed E-state index contributed by atoms with van der Waals surface area (Å²) in [5.74, 6) is 0.152. The largest absolute Gasteiger partial charge is 0.402 e. The van der Waals surface area contributed by atoms with Crippen LogP contribution < -0.4 is 5.73 Å². The zero-order valence-corrected chi connectivity index (χ0v) is 18.8. The number of hydrogen-bond donors (Lipinski definition) is 1. The average molecular weight is 387 g/mol. The zero-order valence-electron chi connectivity index (χ0n) is 18.8. The molecule has 0 saturated heterocycles. The number of allylic oxidation sites excluding steroid dienone is 3. The highest BCUT2D eigenvalue weighted by molar-refractivity contribution is 5.56. The van der Waals surface area contributed by atoms with Gasteiger partial charge in [0.05, 0.1) is 0 Å². The van der Waals surface area contributed by atoms with E-state index in [4.69, 9.17) is 5.73 Å². The fraction of sp³-hybridized carbons (Fsp3) is 0.333. The third-order valence-electron chi connectivity index (χ3n) is 6.05. The van der Waals surface area contributed by atoms with Crippen molar-refractivity contribution in [3.05, 3.63) is 105 Å². The van der Waals surface area contributed by atoms with E-state index in [0.29, 0.717) is 0 Å². The van der Waals surface area contributed by atoms with E-state index in [1.807, 2.05) is 0 Å². The van der Waals surface area contributed by atoms with Crippen LogP contribution in [0.3, 0.4) is 0 Å². The maximum Gasteiger partial charge on any atom is 0.0338 e. The van der Waals surface area contributed by atoms with Gasteiger partial charge in [-0.05, 0) is 67.5 Å². The summed E-state index contributed by atoms with van der Waals surface area (Å²) >= 11 is 0. The van der Waals surface area contributed by atoms with Gasteiger partial charge in [0.1, 0.15) is 0 Å². The van der Waals surface area contributed by atoms with Crippen LogP contribution in [-0.2, 0) is 6.42 Å². The Bertz CT molecular complexity index is 1000. The highest BCUT2D eigenvalue weighted by Crippen LogP contribution is 2.45. The molecule has 3 rings (SSSR count). The van der Waals surface area contributed by atoms with Gasteiger partial charge in [0.15, 0.2) is 0 Å². The lowest BCUT2D eigenvalue weighted by atomic mass is 9.73. The van der Waals surface area contributed by atoms with Gasteiger partial charge < -0.3 is 10.6 Å². The first-order valence-electron chi connectivity index (χ1n) is 10.3. The van der Waals surface area contributed by atoms with Crippen molar-refractivity contribution in [3.8, 4) is 0 Å². The quantitative estimate of drug-likeness (QED) is 0.688. The fourth-order valence-electron chi connectivity index (χ4n) is 4.49. The second-order valence-corrected chi connectivity index (χ2v) is 8.70. The normalized spacial score (nSPS) is 17.0. The van der Waals surface area contributed by atoms with Crippen LogP contribution in [-0.4, -0.2) is 19.0 Å². The molecular formula is C27H34N2. The van der Waals surface area contributed by atoms with Crippen molar-refractivity contribution in [2.24, 2.45) is 5.73 Å². The number of rotatable bonds is 5. The predicted octanol–water partition coefficient (Wildman–Crippen LogP) is 5.95. The van der Waals surface area contributed by atoms with Gasteiger partial charge >= 0.3 is 0 Å². The SMILES string of the molecule is C=C(Cc1cccc(C)c1)C1=C(N(C)C)CC(N)=C(C)C1c1ccc(C)cc1C. The predicted molar refractivity (Wildman–Crippen MR) is 125 cm³/mol. The molecule has 1 aliphatic carbocycles. The molecule has 29 heavy (non-hydrogen) atoms. The molecule has 0 spiro atoms. The number of benzene rings is 2. The zero-order chi connectivity index (χ0) is 21.3. The third-order valence-corrected chi connectivity index (χ3v) is 6.05. The first-order chi connectivity index (χ1) is 13.7. The second-order valence-electron chi connectivity index (χ2n) is 8.70. The molecule has 0 radical (unpaired) electrons. The Labute approximate surface area is 176 Å². The van der Waals surface area contributed by atoms with Gasteiger partial charge in [0.2, 0.25) is 0 Å². The number of nitrogens with zero attached hydrogens (tertiary/aromatic N) is 1. The van der Waals surface area contributed by atoms with Gasteiger partial charge in [-0.3, -0.25) is 0 Å². The van der Waals surface area contributed by atoms with Crippen LogP contribution in [0.25, 0.3) is 0 Å². The molecule has 2 aromatic carbocycles. The maximum atomic E-state index is 6.54. The van der Waals surface area contributed by atoms with Crippen molar-refractivity contribution in [2.75, 3.05) is 14.1 Å². The van der Waals surface area contributed by atoms with E-state index in [-0.39, 0.29) is 5.92 Å². The minimum absolute atomic E-state index is 0.152. The summed E-state index contributed by atoms with van der Waals surface area (Å²) in [5.41, 5.74) is 19.1. The molecule has 0 aliphatic heterocycles. The molecule has 1 atom stereocenters. The van der Waals surface area contributed by atoms with Crippen LogP contribution in [0.1, 0.15) is 47.1 Å². The minimum Gasteiger partial charge on any atom is -0.402 e. The Morgan fingerprint density at radius 2 is 1.72 bits per heavy atom. The van der Waals surface area contributed by atoms with Crippen molar-refractivity contribution in [1.82, 2.24) is 4.90 Å². The molecule has 0 saturated carbocycles. The molecule has 0 bridgehead atoms. The average Bonchev–Trinajstić information content (AvgIpc) is 2.64. The van der Waals surface area contributed by atoms with Gasteiger partial charge in [0.25, 0.3) is 0 Å². The van der Waals surface area contributed by atoms with Crippen LogP contribution in [0.15, 0.2) is 77.2 Å². The summed E-state index contributed by atoms with van der Waals surface area (Å²) in [5, 5.41) is 0. The summed E-state index contributed by atoms with van der Waals surface area (Å²) in [4.78, 5) is 2.21. The van der Waals surface area contributed by atoms with Crippen molar-refractivity contribution >= 4 is 0 Å². The summed E-state index contributed by atoms with van der Waals surface area (Å²) in [6.45, 7) is 13.3. The van der Waals surface area contributed by atoms with E-state index in [2.05, 4.69) is 95.7 Å². The van der Waals surface area contributed by atoms with Crippen molar-refractivity contribution in [2.45, 2.75) is 46.5 Å². The van der Waals surface area contributed by atoms with E-state index >= 15 is 0 Å². The summed E-state index contributed by atoms with van der Waals surface area (Å²) in [7, 11) is 4.23. The Hall–Kier alpha value is -2.74. The highest BCUT2D eigenvalue weighted by atomic mass is 15.1. The second kappa shape index (κ2) is 8.32. The van der Waals surface area contributed by atoms with Gasteiger partial charge in [-0.1, -0.05) is 60.2 Å². The lowest BCUT2D eigenvalue weighted by molar-refractivity contribution is 0.479. The van der Waals surface area contributed by atoms with E-state index in [1.54, 1.807) is 0 Å². The van der Waals surface area contributed by atoms with Crippen molar-refractivity contribution in [1.29, 1.82) is 0 Å². The van der Waals surface area contributed by atoms with E-state index < -0.39 is 0 Å². The van der Waals surface area contributed by atoms with Crippen molar-refractivity contribution in [3.63, 3.8) is 0 Å². The third kappa shape index (κ3) is 4.32. The highest BCUT2D eigenvalue weighted by Gasteiger charge is 2.31. The molecule has 0 heterocycles. The molecular weight excluding hydrogens is 352 g/mol. The van der Waals surface area contributed by atoms with Crippen LogP contribution in [0, 0.1) is 20.8 Å². The van der Waals surface area contributed by atoms with Gasteiger partial charge in [0, 0.05) is 37.8 Å². The van der Waals surface area contributed by atoms with E-state index in [9.17, 15) is 0 Å². The molecule has 0 aromatic heterocycles. The first kappa shape index (κ1) is 21.0. The molecule has 152 valence electrons. The minimum atomic E-state index is 0.152. The lowest BCUT2D eigenvalue weighted by Gasteiger charge is -2.36. The molecule has 2 aromatic rings. The Morgan fingerprint density at radius 1 is 1.03 bits per heavy atom. The Morgan fingerprint density at radius 3 is 2.34 bits per heavy atom. The van der Waals surface area contributed by atoms with Crippen molar-refractivity contribution < 1.29 is 0 Å². The topological polar surface area (TPSA) is 29.3 Å². The summed E-state index contributed by atoms with van der Waals surface area (Å²) in [6.07, 6.45) is 1.63. The van der Waals surface area contributed by atoms with Gasteiger partial charge in [-0.25, -0.2) is 0 Å². The Kier molecular flexibility index (Phi) is 6.02. The Balaban J connectivity index is 2.13. The summed E-state index contributed by atoms with van der Waals surface area (Å²) < 4.78 is 0. The molecule has 0 amide bonds. The van der Waals surface area contributed by atoms with Crippen LogP contribution >= 0.6 is 0 Å². The molecule has 1 aliphatic rings. The smallest absolute Gasteiger partial charge is 0.0338 e. The number of hydrogen-bond acceptors (Lipinski definition) is 2. The molecule has 1 unspecified atom stereocenters. The van der Waals surface area contributed by atoms with E-state index in [1.165, 1.54) is 50.2 Å². The first-order valence-corrected chi connectivity index (χ1v) is 10.3. The van der Waals surface area contributed by atoms with Gasteiger partial charge in [-0.2, -0.15) is 0 Å². The fourth-order valence-corrected chi connectivity index (χ4v) is 4.49. The number of aryl methyl sites for hydroxylation is 3. The standard InChI is InChI=1S/C27H34N2/c1-17-9-8-10-22(14-17)15-20(4)26-25(29(6)7)16-24(28)21(5)27(26)23-12-11-18(2)13-19(23)3/h8-14,27H,4,15-16,28H2,1-3,5-7H3. The van der Waals surface area contributed by atoms with Crippen LogP contribution in [0.5, 0.6) is 0 Å². The van der Waals surface area contributed by atoms with E-state index in [0.717, 1.165) is 18.5 Å². The molecule has 2 N–H and O–H groups in total. The molecule has 2 heteroatoms.